The van der Waals surface area contributed by atoms with E-state index in [2.05, 4.69) is 43.2 Å². The first kappa shape index (κ1) is 13.5. The second-order valence-corrected chi connectivity index (χ2v) is 5.29. The molecule has 0 saturated carbocycles. The van der Waals surface area contributed by atoms with Gasteiger partial charge in [-0.1, -0.05) is 13.8 Å². The zero-order valence-corrected chi connectivity index (χ0v) is 10.9. The van der Waals surface area contributed by atoms with Crippen molar-refractivity contribution in [1.82, 2.24) is 15.5 Å². The Morgan fingerprint density at radius 3 is 2.81 bits per heavy atom. The lowest BCUT2D eigenvalue weighted by Crippen LogP contribution is -2.56. The van der Waals surface area contributed by atoms with E-state index in [1.54, 1.807) is 0 Å². The normalized spacial score (nSPS) is 27.1. The number of nitrogens with zero attached hydrogens (tertiary/aromatic N) is 1. The van der Waals surface area contributed by atoms with Gasteiger partial charge in [-0.3, -0.25) is 9.69 Å². The van der Waals surface area contributed by atoms with Crippen LogP contribution in [0.2, 0.25) is 0 Å². The third-order valence-corrected chi connectivity index (χ3v) is 2.95. The van der Waals surface area contributed by atoms with Crippen molar-refractivity contribution in [2.75, 3.05) is 26.2 Å². The number of carbonyl (C=O) groups excluding carboxylic acids is 1. The molecule has 1 amide bonds. The quantitative estimate of drug-likeness (QED) is 0.732. The van der Waals surface area contributed by atoms with Crippen molar-refractivity contribution in [3.63, 3.8) is 0 Å². The summed E-state index contributed by atoms with van der Waals surface area (Å²) in [5.41, 5.74) is 0. The number of rotatable bonds is 4. The van der Waals surface area contributed by atoms with Gasteiger partial charge in [-0.25, -0.2) is 0 Å². The minimum Gasteiger partial charge on any atom is -0.355 e. The molecule has 0 spiro atoms. The van der Waals surface area contributed by atoms with E-state index in [0.717, 1.165) is 19.6 Å². The molecule has 16 heavy (non-hydrogen) atoms. The summed E-state index contributed by atoms with van der Waals surface area (Å²) < 4.78 is 0. The Balaban J connectivity index is 2.31. The number of carbonyl (C=O) groups is 1. The Kier molecular flexibility index (Phi) is 5.22. The van der Waals surface area contributed by atoms with Gasteiger partial charge in [0.1, 0.15) is 0 Å². The summed E-state index contributed by atoms with van der Waals surface area (Å²) in [5, 5.41) is 6.38. The van der Waals surface area contributed by atoms with Gasteiger partial charge in [0, 0.05) is 31.7 Å². The zero-order chi connectivity index (χ0) is 12.1. The molecule has 0 aromatic heterocycles. The summed E-state index contributed by atoms with van der Waals surface area (Å²) in [5.74, 6) is 0.665. The van der Waals surface area contributed by atoms with Crippen LogP contribution in [0.25, 0.3) is 0 Å². The topological polar surface area (TPSA) is 44.4 Å². The minimum atomic E-state index is 0.148. The highest BCUT2D eigenvalue weighted by molar-refractivity contribution is 5.78. The van der Waals surface area contributed by atoms with Crippen LogP contribution in [0.4, 0.5) is 0 Å². The first-order chi connectivity index (χ1) is 7.49. The lowest BCUT2D eigenvalue weighted by Gasteiger charge is -2.37. The van der Waals surface area contributed by atoms with Gasteiger partial charge in [0.05, 0.1) is 6.54 Å². The first-order valence-electron chi connectivity index (χ1n) is 6.23. The number of piperazine rings is 1. The molecule has 1 saturated heterocycles. The van der Waals surface area contributed by atoms with Crippen molar-refractivity contribution in [3.05, 3.63) is 0 Å². The van der Waals surface area contributed by atoms with Gasteiger partial charge < -0.3 is 10.6 Å². The molecular formula is C12H25N3O. The second-order valence-electron chi connectivity index (χ2n) is 5.29. The van der Waals surface area contributed by atoms with E-state index in [9.17, 15) is 4.79 Å². The molecule has 0 radical (unpaired) electrons. The van der Waals surface area contributed by atoms with Crippen molar-refractivity contribution < 1.29 is 4.79 Å². The summed E-state index contributed by atoms with van der Waals surface area (Å²) in [6.45, 7) is 11.8. The van der Waals surface area contributed by atoms with Gasteiger partial charge in [0.2, 0.25) is 5.91 Å². The molecule has 1 aliphatic rings. The Morgan fingerprint density at radius 2 is 2.19 bits per heavy atom. The molecule has 94 valence electrons. The van der Waals surface area contributed by atoms with Crippen molar-refractivity contribution >= 4 is 5.91 Å². The molecule has 2 atom stereocenters. The Morgan fingerprint density at radius 1 is 1.50 bits per heavy atom. The molecule has 0 bridgehead atoms. The molecule has 4 heteroatoms. The Labute approximate surface area is 98.8 Å². The molecule has 2 unspecified atom stereocenters. The van der Waals surface area contributed by atoms with Gasteiger partial charge in [-0.2, -0.15) is 0 Å². The van der Waals surface area contributed by atoms with Crippen LogP contribution in [0.3, 0.4) is 0 Å². The fourth-order valence-electron chi connectivity index (χ4n) is 1.88. The van der Waals surface area contributed by atoms with E-state index in [4.69, 9.17) is 0 Å². The van der Waals surface area contributed by atoms with Crippen LogP contribution in [-0.2, 0) is 4.79 Å². The number of nitrogens with one attached hydrogen (secondary N) is 2. The Hall–Kier alpha value is -0.610. The fraction of sp³-hybridized carbons (Fsp3) is 0.917. The molecule has 2 N–H and O–H groups in total. The van der Waals surface area contributed by atoms with Crippen LogP contribution < -0.4 is 10.6 Å². The first-order valence-corrected chi connectivity index (χ1v) is 6.23. The highest BCUT2D eigenvalue weighted by atomic mass is 16.2. The number of amides is 1. The number of hydrogen-bond donors (Lipinski definition) is 2. The molecule has 1 heterocycles. The van der Waals surface area contributed by atoms with Gasteiger partial charge in [-0.05, 0) is 19.8 Å². The van der Waals surface area contributed by atoms with E-state index < -0.39 is 0 Å². The van der Waals surface area contributed by atoms with E-state index in [0.29, 0.717) is 24.5 Å². The third kappa shape index (κ3) is 4.49. The van der Waals surface area contributed by atoms with Crippen LogP contribution in [0.15, 0.2) is 0 Å². The monoisotopic (exact) mass is 227 g/mol. The van der Waals surface area contributed by atoms with Crippen molar-refractivity contribution in [3.8, 4) is 0 Å². The van der Waals surface area contributed by atoms with Crippen LogP contribution in [-0.4, -0.2) is 49.1 Å². The van der Waals surface area contributed by atoms with Crippen molar-refractivity contribution in [2.45, 2.75) is 39.8 Å². The molecule has 1 rings (SSSR count). The van der Waals surface area contributed by atoms with Crippen LogP contribution in [0, 0.1) is 5.92 Å². The summed E-state index contributed by atoms with van der Waals surface area (Å²) in [6, 6.07) is 0.926. The second kappa shape index (κ2) is 6.21. The molecular weight excluding hydrogens is 202 g/mol. The van der Waals surface area contributed by atoms with Crippen molar-refractivity contribution in [2.24, 2.45) is 5.92 Å². The van der Waals surface area contributed by atoms with Crippen LogP contribution in [0.5, 0.6) is 0 Å². The van der Waals surface area contributed by atoms with Gasteiger partial charge >= 0.3 is 0 Å². The minimum absolute atomic E-state index is 0.148. The lowest BCUT2D eigenvalue weighted by atomic mass is 10.1. The maximum Gasteiger partial charge on any atom is 0.234 e. The van der Waals surface area contributed by atoms with E-state index >= 15 is 0 Å². The maximum atomic E-state index is 11.7. The Bertz CT molecular complexity index is 230. The maximum absolute atomic E-state index is 11.7. The number of hydrogen-bond acceptors (Lipinski definition) is 3. The van der Waals surface area contributed by atoms with Crippen molar-refractivity contribution in [1.29, 1.82) is 0 Å². The summed E-state index contributed by atoms with van der Waals surface area (Å²) in [4.78, 5) is 13.9. The predicted octanol–water partition coefficient (Wildman–Crippen LogP) is 0.441. The molecule has 0 aromatic rings. The standard InChI is InChI=1S/C12H25N3O/c1-9(2)5-14-12(16)8-15-7-10(3)13-6-11(15)4/h9-11,13H,5-8H2,1-4H3,(H,14,16). The largest absolute Gasteiger partial charge is 0.355 e. The predicted molar refractivity (Wildman–Crippen MR) is 66.3 cm³/mol. The highest BCUT2D eigenvalue weighted by Gasteiger charge is 2.23. The molecule has 4 nitrogen and oxygen atoms in total. The lowest BCUT2D eigenvalue weighted by molar-refractivity contribution is -0.123. The summed E-state index contributed by atoms with van der Waals surface area (Å²) >= 11 is 0. The molecule has 1 fully saturated rings. The van der Waals surface area contributed by atoms with Gasteiger partial charge in [-0.15, -0.1) is 0 Å². The van der Waals surface area contributed by atoms with Crippen LogP contribution in [0.1, 0.15) is 27.7 Å². The average molecular weight is 227 g/mol. The van der Waals surface area contributed by atoms with E-state index in [-0.39, 0.29) is 5.91 Å². The molecule has 0 aromatic carbocycles. The van der Waals surface area contributed by atoms with E-state index in [1.165, 1.54) is 0 Å². The molecule has 0 aliphatic carbocycles. The molecule has 1 aliphatic heterocycles. The third-order valence-electron chi connectivity index (χ3n) is 2.95. The highest BCUT2D eigenvalue weighted by Crippen LogP contribution is 2.05. The van der Waals surface area contributed by atoms with Crippen LogP contribution >= 0.6 is 0 Å². The fourth-order valence-corrected chi connectivity index (χ4v) is 1.88. The van der Waals surface area contributed by atoms with Gasteiger partial charge in [0.25, 0.3) is 0 Å². The summed E-state index contributed by atoms with van der Waals surface area (Å²) in [7, 11) is 0. The van der Waals surface area contributed by atoms with E-state index in [1.807, 2.05) is 0 Å². The SMILES string of the molecule is CC(C)CNC(=O)CN1CC(C)NCC1C. The smallest absolute Gasteiger partial charge is 0.234 e. The van der Waals surface area contributed by atoms with Gasteiger partial charge in [0.15, 0.2) is 0 Å². The summed E-state index contributed by atoms with van der Waals surface area (Å²) in [6.07, 6.45) is 0. The average Bonchev–Trinajstić information content (AvgIpc) is 2.20. The zero-order valence-electron chi connectivity index (χ0n) is 10.9.